The van der Waals surface area contributed by atoms with Gasteiger partial charge in [-0.1, -0.05) is 111 Å². The van der Waals surface area contributed by atoms with E-state index in [1.165, 1.54) is 22.3 Å². The van der Waals surface area contributed by atoms with Crippen LogP contribution in [0.2, 0.25) is 0 Å². The Hall–Kier alpha value is -6.85. The maximum atomic E-state index is 6.30. The van der Waals surface area contributed by atoms with Crippen molar-refractivity contribution in [2.24, 2.45) is 0 Å². The van der Waals surface area contributed by atoms with Gasteiger partial charge in [-0.2, -0.15) is 0 Å². The van der Waals surface area contributed by atoms with Crippen molar-refractivity contribution in [3.05, 3.63) is 163 Å². The minimum atomic E-state index is -0.194. The molecule has 3 heterocycles. The summed E-state index contributed by atoms with van der Waals surface area (Å²) in [6.45, 7) is 4.63. The van der Waals surface area contributed by atoms with Gasteiger partial charge in [0.2, 0.25) is 0 Å². The molecule has 0 aliphatic heterocycles. The Bertz CT molecular complexity index is 3100. The van der Waals surface area contributed by atoms with Gasteiger partial charge in [0.05, 0.1) is 0 Å². The number of hydrogen-bond donors (Lipinski definition) is 0. The van der Waals surface area contributed by atoms with Crippen LogP contribution in [0.15, 0.2) is 160 Å². The van der Waals surface area contributed by atoms with Crippen LogP contribution >= 0.6 is 0 Å². The zero-order chi connectivity index (χ0) is 35.3. The normalized spacial score (nSPS) is 13.2. The first-order valence-corrected chi connectivity index (χ1v) is 17.9. The number of aromatic nitrogens is 3. The van der Waals surface area contributed by atoms with Gasteiger partial charge in [0.15, 0.2) is 17.5 Å². The van der Waals surface area contributed by atoms with Gasteiger partial charge < -0.3 is 8.83 Å². The topological polar surface area (TPSA) is 65.0 Å². The number of fused-ring (bicyclic) bond motifs is 9. The molecule has 0 saturated heterocycles. The first kappa shape index (κ1) is 29.8. The second-order valence-corrected chi connectivity index (χ2v) is 14.4. The van der Waals surface area contributed by atoms with Crippen LogP contribution in [0.1, 0.15) is 25.0 Å². The number of hydrogen-bond acceptors (Lipinski definition) is 5. The lowest BCUT2D eigenvalue weighted by Gasteiger charge is -2.22. The largest absolute Gasteiger partial charge is 0.456 e. The van der Waals surface area contributed by atoms with Crippen molar-refractivity contribution >= 4 is 43.9 Å². The molecule has 7 aromatic carbocycles. The van der Waals surface area contributed by atoms with Crippen LogP contribution in [-0.4, -0.2) is 15.0 Å². The molecule has 11 rings (SSSR count). The molecule has 250 valence electrons. The summed E-state index contributed by atoms with van der Waals surface area (Å²) in [6, 6.07) is 52.6. The lowest BCUT2D eigenvalue weighted by molar-refractivity contribution is 0.647. The van der Waals surface area contributed by atoms with Crippen LogP contribution in [0.5, 0.6) is 0 Å². The third kappa shape index (κ3) is 4.60. The monoisotopic (exact) mass is 681 g/mol. The van der Waals surface area contributed by atoms with Crippen LogP contribution in [0.3, 0.4) is 0 Å². The summed E-state index contributed by atoms with van der Waals surface area (Å²) in [5.41, 5.74) is 13.5. The number of rotatable bonds is 4. The molecule has 0 saturated carbocycles. The Balaban J connectivity index is 1.02. The van der Waals surface area contributed by atoms with E-state index in [2.05, 4.69) is 92.7 Å². The van der Waals surface area contributed by atoms with E-state index in [0.29, 0.717) is 17.5 Å². The summed E-state index contributed by atoms with van der Waals surface area (Å²) in [6.07, 6.45) is 0. The fourth-order valence-electron chi connectivity index (χ4n) is 8.19. The molecule has 0 N–H and O–H groups in total. The van der Waals surface area contributed by atoms with Gasteiger partial charge in [0.25, 0.3) is 0 Å². The molecule has 0 radical (unpaired) electrons. The SMILES string of the molecule is CC1(C)c2cc(-c3cccc(-c4nc(-c5ccccc5)nc(-c5ccc6oc7ccccc7c6c5)n4)c3)ccc2-c2cc3c(cc21)oc1ccccc13. The Labute approximate surface area is 305 Å². The Morgan fingerprint density at radius 3 is 1.64 bits per heavy atom. The van der Waals surface area contributed by atoms with Gasteiger partial charge >= 0.3 is 0 Å². The average Bonchev–Trinajstić information content (AvgIpc) is 3.84. The van der Waals surface area contributed by atoms with Crippen LogP contribution in [0, 0.1) is 0 Å². The van der Waals surface area contributed by atoms with Gasteiger partial charge in [-0.05, 0) is 88.0 Å². The molecule has 1 aliphatic carbocycles. The third-order valence-electron chi connectivity index (χ3n) is 10.9. The standard InChI is InChI=1S/C48H31N3O2/c1-48(2)39-25-30(19-21-33(39)36-26-38-35-16-7-9-18-42(35)53-44(38)27-40(36)48)29-13-10-14-31(23-29)46-49-45(28-11-4-3-5-12-28)50-47(51-46)32-20-22-43-37(24-32)34-15-6-8-17-41(34)52-43/h3-27H,1-2H3. The van der Waals surface area contributed by atoms with Crippen LogP contribution in [0.25, 0.3) is 100 Å². The summed E-state index contributed by atoms with van der Waals surface area (Å²) in [7, 11) is 0. The van der Waals surface area contributed by atoms with Crippen molar-refractivity contribution in [2.75, 3.05) is 0 Å². The van der Waals surface area contributed by atoms with Crippen molar-refractivity contribution in [3.8, 4) is 56.4 Å². The van der Waals surface area contributed by atoms with Crippen LogP contribution in [0.4, 0.5) is 0 Å². The lowest BCUT2D eigenvalue weighted by atomic mass is 9.81. The summed E-state index contributed by atoms with van der Waals surface area (Å²) >= 11 is 0. The predicted molar refractivity (Wildman–Crippen MR) is 214 cm³/mol. The smallest absolute Gasteiger partial charge is 0.164 e. The van der Waals surface area contributed by atoms with E-state index in [1.807, 2.05) is 72.8 Å². The molecule has 5 heteroatoms. The second-order valence-electron chi connectivity index (χ2n) is 14.4. The first-order chi connectivity index (χ1) is 26.0. The highest BCUT2D eigenvalue weighted by molar-refractivity contribution is 6.08. The fraction of sp³-hybridized carbons (Fsp3) is 0.0625. The highest BCUT2D eigenvalue weighted by atomic mass is 16.3. The quantitative estimate of drug-likeness (QED) is 0.185. The molecule has 0 spiro atoms. The third-order valence-corrected chi connectivity index (χ3v) is 10.9. The first-order valence-electron chi connectivity index (χ1n) is 17.9. The molecule has 0 bridgehead atoms. The number of furan rings is 2. The van der Waals surface area contributed by atoms with Gasteiger partial charge in [0.1, 0.15) is 22.3 Å². The zero-order valence-electron chi connectivity index (χ0n) is 29.1. The summed E-state index contributed by atoms with van der Waals surface area (Å²) < 4.78 is 12.4. The molecule has 0 atom stereocenters. The maximum absolute atomic E-state index is 6.30. The van der Waals surface area contributed by atoms with E-state index >= 15 is 0 Å². The maximum Gasteiger partial charge on any atom is 0.164 e. The molecular weight excluding hydrogens is 651 g/mol. The van der Waals surface area contributed by atoms with Crippen molar-refractivity contribution in [3.63, 3.8) is 0 Å². The fourth-order valence-corrected chi connectivity index (χ4v) is 8.19. The molecule has 0 amide bonds. The van der Waals surface area contributed by atoms with Crippen molar-refractivity contribution < 1.29 is 8.83 Å². The number of para-hydroxylation sites is 2. The Morgan fingerprint density at radius 1 is 0.358 bits per heavy atom. The summed E-state index contributed by atoms with van der Waals surface area (Å²) in [4.78, 5) is 15.1. The molecular formula is C48H31N3O2. The lowest BCUT2D eigenvalue weighted by Crippen LogP contribution is -2.15. The summed E-state index contributed by atoms with van der Waals surface area (Å²) in [5, 5.41) is 4.41. The van der Waals surface area contributed by atoms with E-state index in [-0.39, 0.29) is 5.41 Å². The van der Waals surface area contributed by atoms with Gasteiger partial charge in [-0.15, -0.1) is 0 Å². The van der Waals surface area contributed by atoms with E-state index in [0.717, 1.165) is 71.7 Å². The van der Waals surface area contributed by atoms with Gasteiger partial charge in [-0.25, -0.2) is 15.0 Å². The van der Waals surface area contributed by atoms with E-state index in [1.54, 1.807) is 0 Å². The number of benzene rings is 7. The molecule has 5 nitrogen and oxygen atoms in total. The number of nitrogens with zero attached hydrogens (tertiary/aromatic N) is 3. The highest BCUT2D eigenvalue weighted by Crippen LogP contribution is 2.51. The molecule has 3 aromatic heterocycles. The Morgan fingerprint density at radius 2 is 0.887 bits per heavy atom. The van der Waals surface area contributed by atoms with Crippen molar-refractivity contribution in [1.82, 2.24) is 15.0 Å². The van der Waals surface area contributed by atoms with Crippen LogP contribution in [-0.2, 0) is 5.41 Å². The highest BCUT2D eigenvalue weighted by Gasteiger charge is 2.36. The minimum absolute atomic E-state index is 0.194. The summed E-state index contributed by atoms with van der Waals surface area (Å²) in [5.74, 6) is 1.86. The molecule has 0 fully saturated rings. The van der Waals surface area contributed by atoms with Gasteiger partial charge in [-0.3, -0.25) is 0 Å². The second kappa shape index (κ2) is 11.1. The van der Waals surface area contributed by atoms with E-state index in [9.17, 15) is 0 Å². The minimum Gasteiger partial charge on any atom is -0.456 e. The molecule has 53 heavy (non-hydrogen) atoms. The predicted octanol–water partition coefficient (Wildman–Crippen LogP) is 12.6. The zero-order valence-corrected chi connectivity index (χ0v) is 29.1. The van der Waals surface area contributed by atoms with Crippen molar-refractivity contribution in [2.45, 2.75) is 19.3 Å². The molecule has 1 aliphatic rings. The molecule has 0 unspecified atom stereocenters. The van der Waals surface area contributed by atoms with Crippen molar-refractivity contribution in [1.29, 1.82) is 0 Å². The van der Waals surface area contributed by atoms with Crippen LogP contribution < -0.4 is 0 Å². The Kier molecular flexibility index (Phi) is 6.23. The molecule has 10 aromatic rings. The average molecular weight is 682 g/mol. The van der Waals surface area contributed by atoms with Gasteiger partial charge in [0, 0.05) is 43.7 Å². The van der Waals surface area contributed by atoms with E-state index < -0.39 is 0 Å². The van der Waals surface area contributed by atoms with E-state index in [4.69, 9.17) is 23.8 Å².